The molecule has 0 bridgehead atoms. The molecule has 244 valence electrons. The summed E-state index contributed by atoms with van der Waals surface area (Å²) in [5, 5.41) is 44.4. The van der Waals surface area contributed by atoms with Gasteiger partial charge in [0.2, 0.25) is 0 Å². The van der Waals surface area contributed by atoms with Gasteiger partial charge in [0.05, 0.1) is 17.1 Å². The molecule has 4 aromatic rings. The molecule has 0 aliphatic rings. The number of alkyl halides is 6. The van der Waals surface area contributed by atoms with Crippen LogP contribution in [0.1, 0.15) is 43.0 Å². The summed E-state index contributed by atoms with van der Waals surface area (Å²) in [4.78, 5) is 21.7. The van der Waals surface area contributed by atoms with Crippen LogP contribution in [-0.2, 0) is 25.2 Å². The van der Waals surface area contributed by atoms with Gasteiger partial charge in [-0.05, 0) is 84.6 Å². The average Bonchev–Trinajstić information content (AvgIpc) is 2.98. The van der Waals surface area contributed by atoms with Crippen molar-refractivity contribution in [3.05, 3.63) is 118 Å². The van der Waals surface area contributed by atoms with Gasteiger partial charge in [-0.1, -0.05) is 24.3 Å². The summed E-state index contributed by atoms with van der Waals surface area (Å²) in [7, 11) is 0. The van der Waals surface area contributed by atoms with Crippen LogP contribution in [0, 0.1) is 0 Å². The second-order valence-electron chi connectivity index (χ2n) is 9.80. The molecular weight excluding hydrogens is 661 g/mol. The number of aromatic carboxylic acids is 2. The van der Waals surface area contributed by atoms with Crippen molar-refractivity contribution in [2.24, 2.45) is 0 Å². The van der Waals surface area contributed by atoms with Crippen LogP contribution in [0.4, 0.5) is 37.7 Å². The van der Waals surface area contributed by atoms with Crippen molar-refractivity contribution in [3.8, 4) is 11.5 Å². The van der Waals surface area contributed by atoms with Crippen LogP contribution < -0.4 is 67.1 Å². The molecule has 0 aliphatic carbocycles. The fraction of sp³-hybridized carbons (Fsp3) is 0.188. The molecule has 0 amide bonds. The zero-order valence-corrected chi connectivity index (χ0v) is 27.9. The third kappa shape index (κ3) is 12.4. The fourth-order valence-electron chi connectivity index (χ4n) is 4.05. The average molecular weight is 689 g/mol. The number of anilines is 2. The molecule has 47 heavy (non-hydrogen) atoms. The molecule has 0 saturated carbocycles. The standard InChI is InChI=1S/2C16H14F3NO3.K/c2*17-16(18,19)11-3-1-10(2-4-11)7-8-20-12-5-6-14(21)13(9-12)15(22)23;/h2*1-6,9,20-21H,7-8H2,(H,22,23);/q;;+1/p-1. The summed E-state index contributed by atoms with van der Waals surface area (Å²) in [6.45, 7) is 0.803. The van der Waals surface area contributed by atoms with Crippen molar-refractivity contribution < 1.29 is 108 Å². The number of hydrogen-bond acceptors (Lipinski definition) is 7. The first-order chi connectivity index (χ1) is 21.5. The minimum absolute atomic E-state index is 0. The predicted octanol–water partition coefficient (Wildman–Crippen LogP) is 3.20. The summed E-state index contributed by atoms with van der Waals surface area (Å²) in [6, 6.07) is 17.7. The van der Waals surface area contributed by atoms with E-state index in [1.165, 1.54) is 60.7 Å². The topological polar surface area (TPSA) is 142 Å². The number of carboxylic acid groups (broad SMARTS) is 2. The van der Waals surface area contributed by atoms with Crippen LogP contribution in [0.25, 0.3) is 0 Å². The molecule has 0 saturated heterocycles. The summed E-state index contributed by atoms with van der Waals surface area (Å²) in [6.07, 6.45) is -7.78. The number of rotatable bonds is 10. The van der Waals surface area contributed by atoms with Crippen molar-refractivity contribution in [1.29, 1.82) is 0 Å². The van der Waals surface area contributed by atoms with Crippen molar-refractivity contribution in [2.45, 2.75) is 25.2 Å². The third-order valence-electron chi connectivity index (χ3n) is 6.49. The molecule has 0 radical (unpaired) electrons. The zero-order valence-electron chi connectivity index (χ0n) is 24.7. The van der Waals surface area contributed by atoms with E-state index >= 15 is 0 Å². The van der Waals surface area contributed by atoms with E-state index < -0.39 is 41.2 Å². The number of phenols is 2. The van der Waals surface area contributed by atoms with Gasteiger partial charge in [0.15, 0.2) is 0 Å². The molecule has 8 nitrogen and oxygen atoms in total. The van der Waals surface area contributed by atoms with Crippen LogP contribution in [0.2, 0.25) is 0 Å². The SMILES string of the molecule is O=C(O)c1cc(NCCc2ccc(C(F)(F)F)cc2)ccc1O.O=C([O-])c1cc(NCCc2ccc(C(F)(F)F)cc2)ccc1O.[K+]. The van der Waals surface area contributed by atoms with Gasteiger partial charge < -0.3 is 35.9 Å². The first-order valence-electron chi connectivity index (χ1n) is 13.5. The number of aromatic hydroxyl groups is 2. The molecule has 0 aromatic heterocycles. The molecule has 5 N–H and O–H groups in total. The van der Waals surface area contributed by atoms with E-state index in [1.807, 2.05) is 0 Å². The second-order valence-corrected chi connectivity index (χ2v) is 9.80. The molecule has 4 aromatic carbocycles. The Morgan fingerprint density at radius 1 is 0.617 bits per heavy atom. The Hall–Kier alpha value is -3.76. The minimum atomic E-state index is -4.36. The summed E-state index contributed by atoms with van der Waals surface area (Å²) < 4.78 is 74.7. The Labute approximate surface area is 307 Å². The number of carbonyl (C=O) groups excluding carboxylic acids is 1. The minimum Gasteiger partial charge on any atom is -0.545 e. The largest absolute Gasteiger partial charge is 1.00 e. The maximum Gasteiger partial charge on any atom is 1.00 e. The van der Waals surface area contributed by atoms with Crippen molar-refractivity contribution >= 4 is 23.3 Å². The van der Waals surface area contributed by atoms with Gasteiger partial charge in [-0.3, -0.25) is 0 Å². The summed E-state index contributed by atoms with van der Waals surface area (Å²) >= 11 is 0. The van der Waals surface area contributed by atoms with Crippen LogP contribution in [-0.4, -0.2) is 40.3 Å². The number of nitrogens with one attached hydrogen (secondary N) is 2. The van der Waals surface area contributed by atoms with Crippen LogP contribution in [0.3, 0.4) is 0 Å². The van der Waals surface area contributed by atoms with Gasteiger partial charge in [-0.2, -0.15) is 26.3 Å². The summed E-state index contributed by atoms with van der Waals surface area (Å²) in [5.41, 5.74) is 0.465. The Kier molecular flexibility index (Phi) is 14.6. The van der Waals surface area contributed by atoms with Crippen LogP contribution in [0.15, 0.2) is 84.9 Å². The first-order valence-corrected chi connectivity index (χ1v) is 13.5. The number of carboxylic acids is 2. The molecule has 0 unspecified atom stereocenters. The van der Waals surface area contributed by atoms with Gasteiger partial charge in [0.1, 0.15) is 17.1 Å². The van der Waals surface area contributed by atoms with Gasteiger partial charge in [0.25, 0.3) is 0 Å². The Morgan fingerprint density at radius 2 is 0.979 bits per heavy atom. The summed E-state index contributed by atoms with van der Waals surface area (Å²) in [5.74, 6) is -3.45. The Balaban J connectivity index is 0.000000320. The van der Waals surface area contributed by atoms with Crippen molar-refractivity contribution in [3.63, 3.8) is 0 Å². The van der Waals surface area contributed by atoms with Crippen molar-refractivity contribution in [2.75, 3.05) is 23.7 Å². The second kappa shape index (κ2) is 17.4. The molecule has 0 fully saturated rings. The van der Waals surface area contributed by atoms with E-state index in [4.69, 9.17) is 5.11 Å². The van der Waals surface area contributed by atoms with Gasteiger partial charge >= 0.3 is 69.7 Å². The van der Waals surface area contributed by atoms with Crippen LogP contribution >= 0.6 is 0 Å². The first kappa shape index (κ1) is 39.4. The number of benzene rings is 4. The van der Waals surface area contributed by atoms with Crippen molar-refractivity contribution in [1.82, 2.24) is 0 Å². The zero-order chi connectivity index (χ0) is 34.1. The number of carbonyl (C=O) groups is 2. The van der Waals surface area contributed by atoms with Gasteiger partial charge in [0, 0.05) is 30.0 Å². The molecule has 15 heteroatoms. The molecular formula is C32H27F6KN2O6. The monoisotopic (exact) mass is 688 g/mol. The smallest absolute Gasteiger partial charge is 0.545 e. The van der Waals surface area contributed by atoms with E-state index in [0.717, 1.165) is 29.8 Å². The molecule has 0 spiro atoms. The van der Waals surface area contributed by atoms with E-state index in [-0.39, 0.29) is 68.3 Å². The predicted molar refractivity (Wildman–Crippen MR) is 155 cm³/mol. The molecule has 4 rings (SSSR count). The quantitative estimate of drug-likeness (QED) is 0.0973. The van der Waals surface area contributed by atoms with E-state index in [1.54, 1.807) is 0 Å². The fourth-order valence-corrected chi connectivity index (χ4v) is 4.05. The number of halogens is 6. The normalized spacial score (nSPS) is 11.0. The molecule has 0 aliphatic heterocycles. The van der Waals surface area contributed by atoms with E-state index in [9.17, 15) is 51.3 Å². The maximum atomic E-state index is 12.4. The van der Waals surface area contributed by atoms with E-state index in [2.05, 4.69) is 10.6 Å². The molecule has 0 atom stereocenters. The Bertz CT molecular complexity index is 1520. The van der Waals surface area contributed by atoms with Gasteiger partial charge in [-0.25, -0.2) is 4.79 Å². The third-order valence-corrected chi connectivity index (χ3v) is 6.49. The van der Waals surface area contributed by atoms with Crippen LogP contribution in [0.5, 0.6) is 11.5 Å². The van der Waals surface area contributed by atoms with E-state index in [0.29, 0.717) is 42.9 Å². The maximum absolute atomic E-state index is 12.4. The van der Waals surface area contributed by atoms with Gasteiger partial charge in [-0.15, -0.1) is 0 Å². The number of hydrogen-bond donors (Lipinski definition) is 5. The molecule has 0 heterocycles. The Morgan fingerprint density at radius 3 is 1.32 bits per heavy atom.